The molecule has 8 nitrogen and oxygen atoms in total. The van der Waals surface area contributed by atoms with Gasteiger partial charge < -0.3 is 13.8 Å². The van der Waals surface area contributed by atoms with Crippen molar-refractivity contribution in [3.05, 3.63) is 46.8 Å². The van der Waals surface area contributed by atoms with Crippen molar-refractivity contribution < 1.29 is 9.26 Å². The summed E-state index contributed by atoms with van der Waals surface area (Å²) < 4.78 is 14.9. The molecule has 5 rings (SSSR count). The smallest absolute Gasteiger partial charge is 0.278 e. The molecule has 0 N–H and O–H groups in total. The first-order chi connectivity index (χ1) is 14.1. The number of nitrogens with zero attached hydrogens (tertiary/aromatic N) is 5. The van der Waals surface area contributed by atoms with Crippen LogP contribution in [0.15, 0.2) is 39.9 Å². The van der Waals surface area contributed by atoms with Gasteiger partial charge in [-0.2, -0.15) is 4.98 Å². The van der Waals surface area contributed by atoms with Gasteiger partial charge in [0.05, 0.1) is 11.0 Å². The van der Waals surface area contributed by atoms with Crippen LogP contribution in [0.4, 0.5) is 0 Å². The van der Waals surface area contributed by atoms with Gasteiger partial charge in [0.2, 0.25) is 5.82 Å². The van der Waals surface area contributed by atoms with E-state index in [-0.39, 0.29) is 11.6 Å². The summed E-state index contributed by atoms with van der Waals surface area (Å²) >= 11 is 0. The van der Waals surface area contributed by atoms with Crippen LogP contribution in [0.2, 0.25) is 0 Å². The number of imidazole rings is 1. The Labute approximate surface area is 167 Å². The minimum absolute atomic E-state index is 0.00349. The standard InChI is InChI=1S/C21H23N5O3/c1-13(2)26-15-9-5-4-8-14(15)25-12-22-16(17(25)19(26)27)18-23-20(29-24-18)21(28-3)10-6-7-11-21/h4-5,8-9,12-13H,6-7,10-11H2,1-3H3. The number of benzene rings is 1. The second kappa shape index (κ2) is 6.52. The number of hydrogen-bond acceptors (Lipinski definition) is 6. The van der Waals surface area contributed by atoms with Crippen molar-refractivity contribution in [1.82, 2.24) is 24.1 Å². The van der Waals surface area contributed by atoms with E-state index in [1.54, 1.807) is 18.0 Å². The number of methoxy groups -OCH3 is 1. The zero-order chi connectivity index (χ0) is 20.2. The van der Waals surface area contributed by atoms with Crippen molar-refractivity contribution in [2.24, 2.45) is 0 Å². The lowest BCUT2D eigenvalue weighted by atomic mass is 10.0. The second-order valence-electron chi connectivity index (χ2n) is 7.90. The number of rotatable bonds is 4. The molecule has 0 aliphatic heterocycles. The van der Waals surface area contributed by atoms with E-state index in [4.69, 9.17) is 9.26 Å². The number of fused-ring (bicyclic) bond motifs is 3. The average molecular weight is 393 g/mol. The fraction of sp³-hybridized carbons (Fsp3) is 0.429. The SMILES string of the molecule is COC1(c2nc(-c3ncn4c3c(=O)n(C(C)C)c3ccccc34)no2)CCCC1. The zero-order valence-electron chi connectivity index (χ0n) is 16.8. The van der Waals surface area contributed by atoms with E-state index in [0.29, 0.717) is 22.9 Å². The Balaban J connectivity index is 1.75. The summed E-state index contributed by atoms with van der Waals surface area (Å²) in [6, 6.07) is 7.81. The Morgan fingerprint density at radius 1 is 1.17 bits per heavy atom. The highest BCUT2D eigenvalue weighted by Crippen LogP contribution is 2.41. The number of para-hydroxylation sites is 2. The van der Waals surface area contributed by atoms with Crippen LogP contribution in [-0.4, -0.2) is 31.2 Å². The normalized spacial score (nSPS) is 16.4. The highest BCUT2D eigenvalue weighted by Gasteiger charge is 2.41. The molecule has 150 valence electrons. The molecule has 4 aromatic rings. The van der Waals surface area contributed by atoms with Crippen LogP contribution in [0.5, 0.6) is 0 Å². The van der Waals surface area contributed by atoms with Crippen LogP contribution < -0.4 is 5.56 Å². The maximum Gasteiger partial charge on any atom is 0.278 e. The largest absolute Gasteiger partial charge is 0.368 e. The molecule has 0 bridgehead atoms. The summed E-state index contributed by atoms with van der Waals surface area (Å²) in [6.45, 7) is 3.99. The van der Waals surface area contributed by atoms with Gasteiger partial charge in [-0.05, 0) is 51.7 Å². The van der Waals surface area contributed by atoms with E-state index in [0.717, 1.165) is 36.7 Å². The molecule has 3 heterocycles. The highest BCUT2D eigenvalue weighted by atomic mass is 16.5. The quantitative estimate of drug-likeness (QED) is 0.525. The predicted octanol–water partition coefficient (Wildman–Crippen LogP) is 3.70. The highest BCUT2D eigenvalue weighted by molar-refractivity contribution is 5.83. The van der Waals surface area contributed by atoms with Crippen molar-refractivity contribution >= 4 is 16.6 Å². The van der Waals surface area contributed by atoms with Crippen LogP contribution in [0, 0.1) is 0 Å². The fourth-order valence-corrected chi connectivity index (χ4v) is 4.46. The molecule has 8 heteroatoms. The van der Waals surface area contributed by atoms with Crippen molar-refractivity contribution in [3.63, 3.8) is 0 Å². The first kappa shape index (κ1) is 18.1. The van der Waals surface area contributed by atoms with Gasteiger partial charge in [-0.15, -0.1) is 0 Å². The van der Waals surface area contributed by atoms with Gasteiger partial charge in [0.1, 0.15) is 23.1 Å². The number of aromatic nitrogens is 5. The van der Waals surface area contributed by atoms with Gasteiger partial charge >= 0.3 is 0 Å². The molecule has 29 heavy (non-hydrogen) atoms. The van der Waals surface area contributed by atoms with Crippen LogP contribution in [0.25, 0.3) is 28.1 Å². The van der Waals surface area contributed by atoms with Gasteiger partial charge in [-0.25, -0.2) is 4.98 Å². The van der Waals surface area contributed by atoms with Gasteiger partial charge in [0.25, 0.3) is 11.4 Å². The molecule has 0 saturated heterocycles. The molecule has 1 aliphatic carbocycles. The second-order valence-corrected chi connectivity index (χ2v) is 7.90. The molecule has 1 fully saturated rings. The minimum Gasteiger partial charge on any atom is -0.368 e. The first-order valence-corrected chi connectivity index (χ1v) is 9.96. The van der Waals surface area contributed by atoms with Gasteiger partial charge in [-0.3, -0.25) is 9.20 Å². The van der Waals surface area contributed by atoms with E-state index in [2.05, 4.69) is 15.1 Å². The molecule has 0 atom stereocenters. The Morgan fingerprint density at radius 2 is 1.90 bits per heavy atom. The molecule has 0 radical (unpaired) electrons. The monoisotopic (exact) mass is 393 g/mol. The molecule has 3 aromatic heterocycles. The number of hydrogen-bond donors (Lipinski definition) is 0. The third-order valence-electron chi connectivity index (χ3n) is 5.94. The maximum atomic E-state index is 13.4. The molecule has 0 spiro atoms. The van der Waals surface area contributed by atoms with Gasteiger partial charge in [0, 0.05) is 13.2 Å². The van der Waals surface area contributed by atoms with Crippen LogP contribution in [-0.2, 0) is 10.3 Å². The van der Waals surface area contributed by atoms with Crippen LogP contribution >= 0.6 is 0 Å². The molecule has 1 aliphatic rings. The van der Waals surface area contributed by atoms with Crippen molar-refractivity contribution in [1.29, 1.82) is 0 Å². The Bertz CT molecular complexity index is 1260. The van der Waals surface area contributed by atoms with E-state index in [1.807, 2.05) is 42.5 Å². The summed E-state index contributed by atoms with van der Waals surface area (Å²) in [5.41, 5.74) is 1.98. The molecule has 1 saturated carbocycles. The van der Waals surface area contributed by atoms with Gasteiger partial charge in [-0.1, -0.05) is 17.3 Å². The fourth-order valence-electron chi connectivity index (χ4n) is 4.46. The van der Waals surface area contributed by atoms with E-state index in [9.17, 15) is 4.79 Å². The van der Waals surface area contributed by atoms with E-state index >= 15 is 0 Å². The lowest BCUT2D eigenvalue weighted by Gasteiger charge is -2.21. The number of ether oxygens (including phenoxy) is 1. The van der Waals surface area contributed by atoms with Crippen LogP contribution in [0.3, 0.4) is 0 Å². The van der Waals surface area contributed by atoms with Crippen molar-refractivity contribution in [2.75, 3.05) is 7.11 Å². The van der Waals surface area contributed by atoms with Gasteiger partial charge in [0.15, 0.2) is 0 Å². The molecule has 0 amide bonds. The van der Waals surface area contributed by atoms with E-state index < -0.39 is 5.60 Å². The van der Waals surface area contributed by atoms with Crippen LogP contribution in [0.1, 0.15) is 51.5 Å². The summed E-state index contributed by atoms with van der Waals surface area (Å²) in [5, 5.41) is 4.15. The van der Waals surface area contributed by atoms with Crippen molar-refractivity contribution in [3.8, 4) is 11.5 Å². The zero-order valence-corrected chi connectivity index (χ0v) is 16.8. The minimum atomic E-state index is -0.536. The Morgan fingerprint density at radius 3 is 2.59 bits per heavy atom. The summed E-state index contributed by atoms with van der Waals surface area (Å²) in [6.07, 6.45) is 5.46. The molecule has 0 unspecified atom stereocenters. The average Bonchev–Trinajstić information content (AvgIpc) is 3.46. The maximum absolute atomic E-state index is 13.4. The summed E-state index contributed by atoms with van der Waals surface area (Å²) in [7, 11) is 1.68. The lowest BCUT2D eigenvalue weighted by molar-refractivity contribution is -0.0342. The third-order valence-corrected chi connectivity index (χ3v) is 5.94. The Kier molecular flexibility index (Phi) is 4.06. The molecule has 1 aromatic carbocycles. The molecular formula is C21H23N5O3. The third kappa shape index (κ3) is 2.55. The van der Waals surface area contributed by atoms with Crippen molar-refractivity contribution in [2.45, 2.75) is 51.2 Å². The summed E-state index contributed by atoms with van der Waals surface area (Å²) in [4.78, 5) is 22.5. The molecular weight excluding hydrogens is 370 g/mol. The predicted molar refractivity (Wildman–Crippen MR) is 108 cm³/mol. The topological polar surface area (TPSA) is 87.5 Å². The summed E-state index contributed by atoms with van der Waals surface area (Å²) in [5.74, 6) is 0.770. The van der Waals surface area contributed by atoms with E-state index in [1.165, 1.54) is 0 Å². The Hall–Kier alpha value is -3.00. The lowest BCUT2D eigenvalue weighted by Crippen LogP contribution is -2.25. The first-order valence-electron chi connectivity index (χ1n) is 9.96.